The van der Waals surface area contributed by atoms with Gasteiger partial charge in [-0.3, -0.25) is 0 Å². The molecular weight excluding hydrogens is 198 g/mol. The van der Waals surface area contributed by atoms with E-state index in [1.165, 1.54) is 5.56 Å². The molecule has 1 aromatic rings. The largest absolute Gasteiger partial charge is 0.375 e. The van der Waals surface area contributed by atoms with Gasteiger partial charge in [-0.1, -0.05) is 44.2 Å². The maximum absolute atomic E-state index is 5.63. The van der Waals surface area contributed by atoms with Crippen LogP contribution in [0.1, 0.15) is 31.9 Å². The molecule has 2 unspecified atom stereocenters. The standard InChI is InChI=1S/C14H23NO/c1-11(2)10-13(15-3)14(16-4)12-8-6-5-7-9-12/h5-9,11,13-15H,10H2,1-4H3. The minimum absolute atomic E-state index is 0.133. The maximum Gasteiger partial charge on any atom is 0.0973 e. The van der Waals surface area contributed by atoms with Crippen molar-refractivity contribution in [3.63, 3.8) is 0 Å². The molecule has 0 saturated carbocycles. The molecule has 0 heterocycles. The average molecular weight is 221 g/mol. The molecule has 0 saturated heterocycles. The first kappa shape index (κ1) is 13.2. The van der Waals surface area contributed by atoms with E-state index in [4.69, 9.17) is 4.74 Å². The molecule has 0 aliphatic rings. The Hall–Kier alpha value is -0.860. The lowest BCUT2D eigenvalue weighted by Gasteiger charge is -2.27. The van der Waals surface area contributed by atoms with Gasteiger partial charge in [-0.2, -0.15) is 0 Å². The van der Waals surface area contributed by atoms with Crippen LogP contribution >= 0.6 is 0 Å². The van der Waals surface area contributed by atoms with Crippen molar-refractivity contribution in [3.05, 3.63) is 35.9 Å². The van der Waals surface area contributed by atoms with Crippen LogP contribution in [0.3, 0.4) is 0 Å². The Morgan fingerprint density at radius 1 is 1.19 bits per heavy atom. The van der Waals surface area contributed by atoms with Crippen LogP contribution in [0.25, 0.3) is 0 Å². The molecular formula is C14H23NO. The summed E-state index contributed by atoms with van der Waals surface area (Å²) in [5.74, 6) is 0.666. The zero-order valence-electron chi connectivity index (χ0n) is 10.7. The summed E-state index contributed by atoms with van der Waals surface area (Å²) in [5.41, 5.74) is 1.24. The van der Waals surface area contributed by atoms with Crippen LogP contribution < -0.4 is 5.32 Å². The normalized spacial score (nSPS) is 15.1. The first-order valence-corrected chi connectivity index (χ1v) is 5.94. The van der Waals surface area contributed by atoms with Crippen molar-refractivity contribution in [1.29, 1.82) is 0 Å². The van der Waals surface area contributed by atoms with E-state index >= 15 is 0 Å². The van der Waals surface area contributed by atoms with E-state index in [0.717, 1.165) is 6.42 Å². The Bertz CT molecular complexity index is 284. The van der Waals surface area contributed by atoms with Crippen molar-refractivity contribution < 1.29 is 4.74 Å². The summed E-state index contributed by atoms with van der Waals surface area (Å²) in [7, 11) is 3.78. The molecule has 1 aromatic carbocycles. The molecule has 90 valence electrons. The number of rotatable bonds is 6. The van der Waals surface area contributed by atoms with Crippen LogP contribution in [0.5, 0.6) is 0 Å². The second kappa shape index (κ2) is 6.66. The molecule has 16 heavy (non-hydrogen) atoms. The van der Waals surface area contributed by atoms with E-state index in [0.29, 0.717) is 12.0 Å². The van der Waals surface area contributed by atoms with Gasteiger partial charge >= 0.3 is 0 Å². The zero-order chi connectivity index (χ0) is 12.0. The van der Waals surface area contributed by atoms with Gasteiger partial charge in [0, 0.05) is 13.2 Å². The molecule has 0 aromatic heterocycles. The van der Waals surface area contributed by atoms with Crippen LogP contribution in [0.15, 0.2) is 30.3 Å². The number of nitrogens with one attached hydrogen (secondary N) is 1. The first-order valence-electron chi connectivity index (χ1n) is 5.94. The lowest BCUT2D eigenvalue weighted by atomic mass is 9.94. The summed E-state index contributed by atoms with van der Waals surface area (Å²) in [6.45, 7) is 4.48. The Morgan fingerprint density at radius 2 is 1.81 bits per heavy atom. The van der Waals surface area contributed by atoms with Crippen molar-refractivity contribution >= 4 is 0 Å². The number of hydrogen-bond acceptors (Lipinski definition) is 2. The van der Waals surface area contributed by atoms with Crippen molar-refractivity contribution in [1.82, 2.24) is 5.32 Å². The summed E-state index contributed by atoms with van der Waals surface area (Å²) in [5, 5.41) is 3.36. The van der Waals surface area contributed by atoms with Crippen LogP contribution in [0, 0.1) is 5.92 Å². The molecule has 1 rings (SSSR count). The fraction of sp³-hybridized carbons (Fsp3) is 0.571. The highest BCUT2D eigenvalue weighted by Crippen LogP contribution is 2.24. The van der Waals surface area contributed by atoms with Crippen molar-refractivity contribution in [3.8, 4) is 0 Å². The van der Waals surface area contributed by atoms with Gasteiger partial charge in [0.1, 0.15) is 0 Å². The summed E-state index contributed by atoms with van der Waals surface area (Å²) >= 11 is 0. The third-order valence-electron chi connectivity index (χ3n) is 2.84. The van der Waals surface area contributed by atoms with E-state index in [-0.39, 0.29) is 6.10 Å². The Labute approximate surface area is 99.0 Å². The van der Waals surface area contributed by atoms with Crippen LogP contribution in [-0.4, -0.2) is 20.2 Å². The summed E-state index contributed by atoms with van der Waals surface area (Å²) in [4.78, 5) is 0. The lowest BCUT2D eigenvalue weighted by molar-refractivity contribution is 0.0633. The number of methoxy groups -OCH3 is 1. The molecule has 0 fully saturated rings. The van der Waals surface area contributed by atoms with Gasteiger partial charge in [0.2, 0.25) is 0 Å². The molecule has 0 aliphatic carbocycles. The van der Waals surface area contributed by atoms with E-state index in [1.807, 2.05) is 13.1 Å². The van der Waals surface area contributed by atoms with Gasteiger partial charge in [-0.15, -0.1) is 0 Å². The fourth-order valence-corrected chi connectivity index (χ4v) is 2.08. The molecule has 2 atom stereocenters. The minimum atomic E-state index is 0.133. The van der Waals surface area contributed by atoms with Gasteiger partial charge in [-0.05, 0) is 24.9 Å². The molecule has 0 aliphatic heterocycles. The van der Waals surface area contributed by atoms with Crippen LogP contribution in [0.2, 0.25) is 0 Å². The van der Waals surface area contributed by atoms with Gasteiger partial charge in [0.15, 0.2) is 0 Å². The van der Waals surface area contributed by atoms with E-state index in [9.17, 15) is 0 Å². The summed E-state index contributed by atoms with van der Waals surface area (Å²) in [6.07, 6.45) is 1.25. The van der Waals surface area contributed by atoms with Crippen LogP contribution in [-0.2, 0) is 4.74 Å². The van der Waals surface area contributed by atoms with Gasteiger partial charge in [0.25, 0.3) is 0 Å². The maximum atomic E-state index is 5.63. The number of hydrogen-bond donors (Lipinski definition) is 1. The second-order valence-corrected chi connectivity index (χ2v) is 4.59. The van der Waals surface area contributed by atoms with Gasteiger partial charge in [0.05, 0.1) is 6.10 Å². The fourth-order valence-electron chi connectivity index (χ4n) is 2.08. The van der Waals surface area contributed by atoms with Gasteiger partial charge in [-0.25, -0.2) is 0 Å². The predicted octanol–water partition coefficient (Wildman–Crippen LogP) is 3.01. The van der Waals surface area contributed by atoms with E-state index < -0.39 is 0 Å². The molecule has 0 spiro atoms. The summed E-state index contributed by atoms with van der Waals surface area (Å²) < 4.78 is 5.63. The number of ether oxygens (including phenoxy) is 1. The highest BCUT2D eigenvalue weighted by molar-refractivity contribution is 5.19. The first-order chi connectivity index (χ1) is 7.69. The highest BCUT2D eigenvalue weighted by atomic mass is 16.5. The third-order valence-corrected chi connectivity index (χ3v) is 2.84. The van der Waals surface area contributed by atoms with E-state index in [1.54, 1.807) is 7.11 Å². The topological polar surface area (TPSA) is 21.3 Å². The smallest absolute Gasteiger partial charge is 0.0973 e. The molecule has 0 bridgehead atoms. The molecule has 0 amide bonds. The third kappa shape index (κ3) is 3.62. The zero-order valence-corrected chi connectivity index (χ0v) is 10.7. The molecule has 0 radical (unpaired) electrons. The van der Waals surface area contributed by atoms with Crippen LogP contribution in [0.4, 0.5) is 0 Å². The SMILES string of the molecule is CNC(CC(C)C)C(OC)c1ccccc1. The second-order valence-electron chi connectivity index (χ2n) is 4.59. The summed E-state index contributed by atoms with van der Waals surface area (Å²) in [6, 6.07) is 10.8. The molecule has 2 heteroatoms. The monoisotopic (exact) mass is 221 g/mol. The molecule has 2 nitrogen and oxygen atoms in total. The number of benzene rings is 1. The Balaban J connectivity index is 2.79. The van der Waals surface area contributed by atoms with Crippen molar-refractivity contribution in [2.24, 2.45) is 5.92 Å². The minimum Gasteiger partial charge on any atom is -0.375 e. The quantitative estimate of drug-likeness (QED) is 0.797. The van der Waals surface area contributed by atoms with Crippen molar-refractivity contribution in [2.45, 2.75) is 32.4 Å². The Kier molecular flexibility index (Phi) is 5.50. The average Bonchev–Trinajstić information content (AvgIpc) is 2.29. The number of likely N-dealkylation sites (N-methyl/N-ethyl adjacent to an activating group) is 1. The molecule has 1 N–H and O–H groups in total. The van der Waals surface area contributed by atoms with Gasteiger partial charge < -0.3 is 10.1 Å². The van der Waals surface area contributed by atoms with Crippen molar-refractivity contribution in [2.75, 3.05) is 14.2 Å². The Morgan fingerprint density at radius 3 is 2.25 bits per heavy atom. The highest BCUT2D eigenvalue weighted by Gasteiger charge is 2.21. The van der Waals surface area contributed by atoms with E-state index in [2.05, 4.69) is 43.4 Å². The lowest BCUT2D eigenvalue weighted by Crippen LogP contribution is -2.34. The predicted molar refractivity (Wildman–Crippen MR) is 68.5 cm³/mol.